The fourth-order valence-corrected chi connectivity index (χ4v) is 6.27. The van der Waals surface area contributed by atoms with Crippen molar-refractivity contribution in [1.82, 2.24) is 19.4 Å². The van der Waals surface area contributed by atoms with E-state index in [1.807, 2.05) is 54.3 Å². The molecule has 0 aromatic heterocycles. The summed E-state index contributed by atoms with van der Waals surface area (Å²) in [6, 6.07) is 16.0. The highest BCUT2D eigenvalue weighted by Gasteiger charge is 2.52. The first-order valence-electron chi connectivity index (χ1n) is 12.2. The molecule has 1 atom stereocenters. The van der Waals surface area contributed by atoms with E-state index < -0.39 is 21.6 Å². The number of nitrogens with one attached hydrogen (secondary N) is 1. The summed E-state index contributed by atoms with van der Waals surface area (Å²) in [7, 11) is -3.59. The number of sulfonamides is 1. The molecule has 2 heterocycles. The van der Waals surface area contributed by atoms with Crippen LogP contribution in [0.15, 0.2) is 59.5 Å². The van der Waals surface area contributed by atoms with Gasteiger partial charge in [-0.05, 0) is 35.6 Å². The number of imide groups is 1. The van der Waals surface area contributed by atoms with Crippen LogP contribution < -0.4 is 5.32 Å². The fraction of sp³-hybridized carbons (Fsp3) is 0.462. The van der Waals surface area contributed by atoms with Crippen LogP contribution in [0, 0.1) is 0 Å². The monoisotopic (exact) mass is 498 g/mol. The van der Waals surface area contributed by atoms with Crippen molar-refractivity contribution in [3.05, 3.63) is 65.7 Å². The summed E-state index contributed by atoms with van der Waals surface area (Å²) in [5.74, 6) is 0.0783. The minimum absolute atomic E-state index is 0.139. The summed E-state index contributed by atoms with van der Waals surface area (Å²) in [4.78, 5) is 29.9. The molecule has 2 aliphatic heterocycles. The zero-order chi connectivity index (χ0) is 25.2. The molecule has 2 saturated heterocycles. The number of carbonyl (C=O) groups is 2. The van der Waals surface area contributed by atoms with Crippen LogP contribution in [0.4, 0.5) is 4.79 Å². The summed E-state index contributed by atoms with van der Waals surface area (Å²) in [6.07, 6.45) is 1.25. The lowest BCUT2D eigenvalue weighted by molar-refractivity contribution is -0.133. The molecule has 0 saturated carbocycles. The molecule has 0 aliphatic carbocycles. The predicted octanol–water partition coefficient (Wildman–Crippen LogP) is 3.32. The van der Waals surface area contributed by atoms with Crippen molar-refractivity contribution in [3.8, 4) is 0 Å². The van der Waals surface area contributed by atoms with Crippen molar-refractivity contribution in [2.24, 2.45) is 0 Å². The zero-order valence-electron chi connectivity index (χ0n) is 20.6. The molecule has 0 unspecified atom stereocenters. The van der Waals surface area contributed by atoms with Gasteiger partial charge in [0.1, 0.15) is 5.54 Å². The molecule has 2 aromatic rings. The molecule has 0 bridgehead atoms. The number of amides is 3. The van der Waals surface area contributed by atoms with E-state index in [1.54, 1.807) is 12.1 Å². The van der Waals surface area contributed by atoms with E-state index in [1.165, 1.54) is 9.21 Å². The molecule has 3 amide bonds. The van der Waals surface area contributed by atoms with E-state index in [-0.39, 0.29) is 17.5 Å². The van der Waals surface area contributed by atoms with Gasteiger partial charge in [0.2, 0.25) is 10.0 Å². The van der Waals surface area contributed by atoms with Crippen LogP contribution in [0.1, 0.15) is 50.7 Å². The molecule has 35 heavy (non-hydrogen) atoms. The molecule has 0 spiro atoms. The maximum Gasteiger partial charge on any atom is 0.326 e. The summed E-state index contributed by atoms with van der Waals surface area (Å²) < 4.78 is 27.7. The standard InChI is InChI=1S/C26H34N4O4S/c1-4-14-26(22-8-6-5-7-9-22)24(31)30(25(32)27-26)19-28-15-17-29(18-16-28)35(33,34)23-12-10-21(11-13-23)20(2)3/h5-13,20H,4,14-19H2,1-3H3,(H,27,32)/t26-/m1/s1. The number of carbonyl (C=O) groups excluding carboxylic acids is 2. The Balaban J connectivity index is 1.42. The highest BCUT2D eigenvalue weighted by Crippen LogP contribution is 2.34. The van der Waals surface area contributed by atoms with Gasteiger partial charge >= 0.3 is 6.03 Å². The maximum atomic E-state index is 13.5. The van der Waals surface area contributed by atoms with Crippen LogP contribution in [-0.2, 0) is 20.4 Å². The first-order chi connectivity index (χ1) is 16.7. The lowest BCUT2D eigenvalue weighted by atomic mass is 9.85. The maximum absolute atomic E-state index is 13.5. The highest BCUT2D eigenvalue weighted by atomic mass is 32.2. The van der Waals surface area contributed by atoms with E-state index >= 15 is 0 Å². The van der Waals surface area contributed by atoms with Gasteiger partial charge in [0.05, 0.1) is 11.6 Å². The second-order valence-corrected chi connectivity index (χ2v) is 11.5. The van der Waals surface area contributed by atoms with Crippen LogP contribution in [-0.4, -0.2) is 67.3 Å². The third-order valence-electron chi connectivity index (χ3n) is 6.92. The lowest BCUT2D eigenvalue weighted by Gasteiger charge is -2.35. The van der Waals surface area contributed by atoms with Crippen LogP contribution in [0.3, 0.4) is 0 Å². The number of piperazine rings is 1. The van der Waals surface area contributed by atoms with Crippen LogP contribution in [0.5, 0.6) is 0 Å². The minimum atomic E-state index is -3.59. The topological polar surface area (TPSA) is 90.0 Å². The van der Waals surface area contributed by atoms with Crippen LogP contribution in [0.25, 0.3) is 0 Å². The van der Waals surface area contributed by atoms with Crippen molar-refractivity contribution >= 4 is 22.0 Å². The molecule has 2 fully saturated rings. The van der Waals surface area contributed by atoms with E-state index in [0.29, 0.717) is 38.5 Å². The molecule has 4 rings (SSSR count). The van der Waals surface area contributed by atoms with Gasteiger partial charge in [0, 0.05) is 26.2 Å². The van der Waals surface area contributed by atoms with Crippen molar-refractivity contribution < 1.29 is 18.0 Å². The molecule has 2 aliphatic rings. The Morgan fingerprint density at radius 1 is 0.943 bits per heavy atom. The van der Waals surface area contributed by atoms with Gasteiger partial charge < -0.3 is 5.32 Å². The first-order valence-corrected chi connectivity index (χ1v) is 13.6. The third-order valence-corrected chi connectivity index (χ3v) is 8.84. The predicted molar refractivity (Wildman–Crippen MR) is 134 cm³/mol. The number of nitrogens with zero attached hydrogens (tertiary/aromatic N) is 3. The van der Waals surface area contributed by atoms with E-state index in [0.717, 1.165) is 17.5 Å². The number of urea groups is 1. The summed E-state index contributed by atoms with van der Waals surface area (Å²) in [5.41, 5.74) is 0.819. The molecule has 9 heteroatoms. The Bertz CT molecular complexity index is 1160. The van der Waals surface area contributed by atoms with Gasteiger partial charge in [0.15, 0.2) is 0 Å². The second-order valence-electron chi connectivity index (χ2n) is 9.57. The molecule has 188 valence electrons. The number of hydrogen-bond acceptors (Lipinski definition) is 5. The Morgan fingerprint density at radius 3 is 2.14 bits per heavy atom. The van der Waals surface area contributed by atoms with Gasteiger partial charge in [-0.1, -0.05) is 69.7 Å². The molecular weight excluding hydrogens is 464 g/mol. The minimum Gasteiger partial charge on any atom is -0.319 e. The fourth-order valence-electron chi connectivity index (χ4n) is 4.85. The normalized spacial score (nSPS) is 22.1. The van der Waals surface area contributed by atoms with Crippen LogP contribution >= 0.6 is 0 Å². The van der Waals surface area contributed by atoms with E-state index in [2.05, 4.69) is 19.2 Å². The Labute approximate surface area is 207 Å². The summed E-state index contributed by atoms with van der Waals surface area (Å²) in [6.45, 7) is 7.75. The van der Waals surface area contributed by atoms with Gasteiger partial charge in [-0.15, -0.1) is 0 Å². The highest BCUT2D eigenvalue weighted by molar-refractivity contribution is 7.89. The lowest BCUT2D eigenvalue weighted by Crippen LogP contribution is -2.52. The first kappa shape index (κ1) is 25.3. The van der Waals surface area contributed by atoms with E-state index in [4.69, 9.17) is 0 Å². The Hall–Kier alpha value is -2.75. The molecule has 8 nitrogen and oxygen atoms in total. The number of hydrogen-bond donors (Lipinski definition) is 1. The van der Waals surface area contributed by atoms with Crippen LogP contribution in [0.2, 0.25) is 0 Å². The van der Waals surface area contributed by atoms with Gasteiger partial charge in [-0.2, -0.15) is 4.31 Å². The molecular formula is C26H34N4O4S. The molecule has 2 aromatic carbocycles. The average molecular weight is 499 g/mol. The third kappa shape index (κ3) is 4.85. The van der Waals surface area contributed by atoms with Gasteiger partial charge in [-0.25, -0.2) is 18.1 Å². The van der Waals surface area contributed by atoms with Gasteiger partial charge in [0.25, 0.3) is 5.91 Å². The van der Waals surface area contributed by atoms with Gasteiger partial charge in [-0.3, -0.25) is 9.69 Å². The summed E-state index contributed by atoms with van der Waals surface area (Å²) in [5, 5.41) is 2.95. The Morgan fingerprint density at radius 2 is 1.57 bits per heavy atom. The van der Waals surface area contributed by atoms with E-state index in [9.17, 15) is 18.0 Å². The van der Waals surface area contributed by atoms with Crippen molar-refractivity contribution in [2.75, 3.05) is 32.8 Å². The molecule has 1 N–H and O–H groups in total. The smallest absolute Gasteiger partial charge is 0.319 e. The quantitative estimate of drug-likeness (QED) is 0.564. The number of rotatable bonds is 8. The largest absolute Gasteiger partial charge is 0.326 e. The zero-order valence-corrected chi connectivity index (χ0v) is 21.4. The Kier molecular flexibility index (Phi) is 7.30. The molecule has 0 radical (unpaired) electrons. The van der Waals surface area contributed by atoms with Crippen molar-refractivity contribution in [3.63, 3.8) is 0 Å². The van der Waals surface area contributed by atoms with Crippen molar-refractivity contribution in [1.29, 1.82) is 0 Å². The number of benzene rings is 2. The average Bonchev–Trinajstić information content (AvgIpc) is 3.10. The second kappa shape index (κ2) is 10.1. The SMILES string of the molecule is CCC[C@]1(c2ccccc2)NC(=O)N(CN2CCN(S(=O)(=O)c3ccc(C(C)C)cc3)CC2)C1=O. The van der Waals surface area contributed by atoms with Crippen molar-refractivity contribution in [2.45, 2.75) is 50.0 Å². The summed E-state index contributed by atoms with van der Waals surface area (Å²) >= 11 is 0.